The van der Waals surface area contributed by atoms with Crippen LogP contribution in [0.1, 0.15) is 17.3 Å². The zero-order valence-corrected chi connectivity index (χ0v) is 10.5. The number of benzene rings is 1. The zero-order chi connectivity index (χ0) is 13.5. The predicted octanol–water partition coefficient (Wildman–Crippen LogP) is 1.59. The average molecular weight is 253 g/mol. The highest BCUT2D eigenvalue weighted by atomic mass is 16.6. The topological polar surface area (TPSA) is 73.9 Å². The molecule has 0 saturated carbocycles. The van der Waals surface area contributed by atoms with Crippen LogP contribution < -0.4 is 14.8 Å². The van der Waals surface area contributed by atoms with Gasteiger partial charge in [-0.3, -0.25) is 0 Å². The molecule has 0 heterocycles. The maximum absolute atomic E-state index is 11.5. The fourth-order valence-corrected chi connectivity index (χ4v) is 1.24. The van der Waals surface area contributed by atoms with E-state index in [0.29, 0.717) is 5.56 Å². The summed E-state index contributed by atoms with van der Waals surface area (Å²) in [5, 5.41) is 2.31. The van der Waals surface area contributed by atoms with Crippen molar-refractivity contribution >= 4 is 12.1 Å². The maximum atomic E-state index is 11.5. The molecule has 18 heavy (non-hydrogen) atoms. The summed E-state index contributed by atoms with van der Waals surface area (Å²) in [6, 6.07) is 4.43. The number of esters is 1. The van der Waals surface area contributed by atoms with Gasteiger partial charge in [0, 0.05) is 7.05 Å². The summed E-state index contributed by atoms with van der Waals surface area (Å²) in [5.41, 5.74) is 0.331. The summed E-state index contributed by atoms with van der Waals surface area (Å²) in [4.78, 5) is 22.6. The van der Waals surface area contributed by atoms with Crippen LogP contribution in [0, 0.1) is 0 Å². The number of nitrogens with one attached hydrogen (secondary N) is 1. The van der Waals surface area contributed by atoms with E-state index in [1.807, 2.05) is 0 Å². The molecular formula is C12H15NO5. The van der Waals surface area contributed by atoms with Gasteiger partial charge in [-0.2, -0.15) is 0 Å². The van der Waals surface area contributed by atoms with E-state index >= 15 is 0 Å². The van der Waals surface area contributed by atoms with Crippen LogP contribution in [0.25, 0.3) is 0 Å². The molecule has 0 aliphatic heterocycles. The number of amides is 1. The van der Waals surface area contributed by atoms with Crippen LogP contribution in [0.4, 0.5) is 4.79 Å². The van der Waals surface area contributed by atoms with E-state index < -0.39 is 12.1 Å². The SMILES string of the molecule is CCOC(=O)c1ccc(OC(=O)NC)c(OC)c1. The quantitative estimate of drug-likeness (QED) is 0.825. The molecule has 0 bridgehead atoms. The molecule has 0 spiro atoms. The second-order valence-electron chi connectivity index (χ2n) is 3.23. The maximum Gasteiger partial charge on any atom is 0.412 e. The van der Waals surface area contributed by atoms with E-state index in [-0.39, 0.29) is 18.1 Å². The third-order valence-electron chi connectivity index (χ3n) is 2.08. The Morgan fingerprint density at radius 1 is 1.28 bits per heavy atom. The zero-order valence-electron chi connectivity index (χ0n) is 10.5. The highest BCUT2D eigenvalue weighted by molar-refractivity contribution is 5.90. The minimum atomic E-state index is -0.614. The van der Waals surface area contributed by atoms with Gasteiger partial charge in [-0.1, -0.05) is 0 Å². The van der Waals surface area contributed by atoms with Crippen molar-refractivity contribution in [1.29, 1.82) is 0 Å². The van der Waals surface area contributed by atoms with Crippen molar-refractivity contribution in [1.82, 2.24) is 5.32 Å². The first-order chi connectivity index (χ1) is 8.62. The van der Waals surface area contributed by atoms with Crippen LogP contribution in [0.2, 0.25) is 0 Å². The van der Waals surface area contributed by atoms with Gasteiger partial charge in [0.25, 0.3) is 0 Å². The van der Waals surface area contributed by atoms with Gasteiger partial charge in [0.15, 0.2) is 11.5 Å². The van der Waals surface area contributed by atoms with Crippen molar-refractivity contribution in [2.24, 2.45) is 0 Å². The predicted molar refractivity (Wildman–Crippen MR) is 64.0 cm³/mol. The molecule has 0 fully saturated rings. The molecule has 1 aromatic carbocycles. The van der Waals surface area contributed by atoms with E-state index in [1.165, 1.54) is 32.4 Å². The van der Waals surface area contributed by atoms with Crippen LogP contribution in [0.3, 0.4) is 0 Å². The molecule has 1 N–H and O–H groups in total. The Bertz CT molecular complexity index is 444. The van der Waals surface area contributed by atoms with Gasteiger partial charge < -0.3 is 19.5 Å². The van der Waals surface area contributed by atoms with Crippen molar-refractivity contribution in [2.75, 3.05) is 20.8 Å². The first-order valence-corrected chi connectivity index (χ1v) is 5.37. The van der Waals surface area contributed by atoms with Crippen LogP contribution >= 0.6 is 0 Å². The van der Waals surface area contributed by atoms with Crippen molar-refractivity contribution in [3.05, 3.63) is 23.8 Å². The number of rotatable bonds is 4. The van der Waals surface area contributed by atoms with Gasteiger partial charge in [0.05, 0.1) is 19.3 Å². The number of methoxy groups -OCH3 is 1. The summed E-state index contributed by atoms with van der Waals surface area (Å²) >= 11 is 0. The Morgan fingerprint density at radius 2 is 2.00 bits per heavy atom. The molecule has 6 nitrogen and oxygen atoms in total. The Morgan fingerprint density at radius 3 is 2.56 bits per heavy atom. The fourth-order valence-electron chi connectivity index (χ4n) is 1.24. The molecule has 0 aliphatic carbocycles. The number of hydrogen-bond acceptors (Lipinski definition) is 5. The van der Waals surface area contributed by atoms with E-state index in [4.69, 9.17) is 14.2 Å². The van der Waals surface area contributed by atoms with Gasteiger partial charge in [-0.05, 0) is 25.1 Å². The Hall–Kier alpha value is -2.24. The molecule has 98 valence electrons. The van der Waals surface area contributed by atoms with E-state index in [9.17, 15) is 9.59 Å². The molecule has 6 heteroatoms. The van der Waals surface area contributed by atoms with E-state index in [0.717, 1.165) is 0 Å². The minimum absolute atomic E-state index is 0.227. The lowest BCUT2D eigenvalue weighted by molar-refractivity contribution is 0.0526. The molecule has 0 aliphatic rings. The van der Waals surface area contributed by atoms with Gasteiger partial charge in [-0.15, -0.1) is 0 Å². The van der Waals surface area contributed by atoms with Gasteiger partial charge in [0.2, 0.25) is 0 Å². The number of carbonyl (C=O) groups is 2. The Labute approximate surface area is 105 Å². The first-order valence-electron chi connectivity index (χ1n) is 5.37. The van der Waals surface area contributed by atoms with Crippen molar-refractivity contribution in [2.45, 2.75) is 6.92 Å². The normalized spacial score (nSPS) is 9.50. The molecule has 0 radical (unpaired) electrons. The summed E-state index contributed by atoms with van der Waals surface area (Å²) in [6.07, 6.45) is -0.614. The third kappa shape index (κ3) is 3.38. The molecule has 1 aromatic rings. The van der Waals surface area contributed by atoms with Gasteiger partial charge in [0.1, 0.15) is 0 Å². The van der Waals surface area contributed by atoms with Crippen molar-refractivity contribution < 1.29 is 23.8 Å². The molecule has 0 saturated heterocycles. The van der Waals surface area contributed by atoms with Gasteiger partial charge in [-0.25, -0.2) is 9.59 Å². The second kappa shape index (κ2) is 6.48. The average Bonchev–Trinajstić information content (AvgIpc) is 2.39. The summed E-state index contributed by atoms with van der Waals surface area (Å²) < 4.78 is 14.9. The minimum Gasteiger partial charge on any atom is -0.493 e. The lowest BCUT2D eigenvalue weighted by atomic mass is 10.2. The lowest BCUT2D eigenvalue weighted by Gasteiger charge is -2.10. The van der Waals surface area contributed by atoms with E-state index in [2.05, 4.69) is 5.32 Å². The highest BCUT2D eigenvalue weighted by Crippen LogP contribution is 2.28. The standard InChI is InChI=1S/C12H15NO5/c1-4-17-11(14)8-5-6-9(10(7-8)16-3)18-12(15)13-2/h5-7H,4H2,1-3H3,(H,13,15). The van der Waals surface area contributed by atoms with Crippen LogP contribution in [-0.2, 0) is 4.74 Å². The van der Waals surface area contributed by atoms with Crippen molar-refractivity contribution in [3.8, 4) is 11.5 Å². The molecule has 0 aromatic heterocycles. The highest BCUT2D eigenvalue weighted by Gasteiger charge is 2.13. The number of carbonyl (C=O) groups excluding carboxylic acids is 2. The summed E-state index contributed by atoms with van der Waals surface area (Å²) in [6.45, 7) is 2.01. The first kappa shape index (κ1) is 13.8. The Balaban J connectivity index is 2.96. The molecule has 1 rings (SSSR count). The van der Waals surface area contributed by atoms with Gasteiger partial charge >= 0.3 is 12.1 Å². The molecule has 1 amide bonds. The fraction of sp³-hybridized carbons (Fsp3) is 0.333. The second-order valence-corrected chi connectivity index (χ2v) is 3.23. The lowest BCUT2D eigenvalue weighted by Crippen LogP contribution is -2.22. The van der Waals surface area contributed by atoms with Crippen LogP contribution in [0.5, 0.6) is 11.5 Å². The largest absolute Gasteiger partial charge is 0.493 e. The summed E-state index contributed by atoms with van der Waals surface area (Å²) in [7, 11) is 2.86. The molecular weight excluding hydrogens is 238 g/mol. The van der Waals surface area contributed by atoms with Crippen LogP contribution in [0.15, 0.2) is 18.2 Å². The number of hydrogen-bond donors (Lipinski definition) is 1. The monoisotopic (exact) mass is 253 g/mol. The smallest absolute Gasteiger partial charge is 0.412 e. The Kier molecular flexibility index (Phi) is 4.98. The third-order valence-corrected chi connectivity index (χ3v) is 2.08. The number of ether oxygens (including phenoxy) is 3. The molecule has 0 unspecified atom stereocenters. The van der Waals surface area contributed by atoms with E-state index in [1.54, 1.807) is 6.92 Å². The van der Waals surface area contributed by atoms with Crippen molar-refractivity contribution in [3.63, 3.8) is 0 Å². The molecule has 0 atom stereocenters. The summed E-state index contributed by atoms with van der Waals surface area (Å²) in [5.74, 6) is 0.0522. The van der Waals surface area contributed by atoms with Crippen LogP contribution in [-0.4, -0.2) is 32.8 Å².